The summed E-state index contributed by atoms with van der Waals surface area (Å²) in [7, 11) is 0. The van der Waals surface area contributed by atoms with Gasteiger partial charge in [-0.1, -0.05) is 12.1 Å². The highest BCUT2D eigenvalue weighted by molar-refractivity contribution is 5.80. The molecule has 2 aliphatic heterocycles. The summed E-state index contributed by atoms with van der Waals surface area (Å²) in [6.45, 7) is 15.0. The molecule has 27 heavy (non-hydrogen) atoms. The second-order valence-corrected chi connectivity index (χ2v) is 7.73. The number of nitrogens with one attached hydrogen (secondary N) is 1. The smallest absolute Gasteiger partial charge is 0.194 e. The van der Waals surface area contributed by atoms with Crippen molar-refractivity contribution in [3.05, 3.63) is 18.0 Å². The first-order chi connectivity index (χ1) is 13.3. The van der Waals surface area contributed by atoms with Gasteiger partial charge in [0.1, 0.15) is 6.26 Å². The fourth-order valence-corrected chi connectivity index (χ4v) is 4.02. The molecule has 0 bridgehead atoms. The maximum absolute atomic E-state index is 5.00. The standard InChI is InChI=1S/C20H36N6O/c1-3-8-24-9-5-18(6-10-24)16-22-20(21-4-2)26-13-11-25(12-14-26)17-19-7-15-27-23-19/h7,15,18H,3-6,8-14,16-17H2,1-2H3,(H,21,22). The molecule has 0 spiro atoms. The van der Waals surface area contributed by atoms with Gasteiger partial charge < -0.3 is 19.6 Å². The molecule has 7 nitrogen and oxygen atoms in total. The fraction of sp³-hybridized carbons (Fsp3) is 0.800. The average Bonchev–Trinajstić information content (AvgIpc) is 3.20. The van der Waals surface area contributed by atoms with Crippen molar-refractivity contribution in [2.24, 2.45) is 10.9 Å². The molecule has 3 heterocycles. The third-order valence-electron chi connectivity index (χ3n) is 5.63. The lowest BCUT2D eigenvalue weighted by Gasteiger charge is -2.36. The third kappa shape index (κ3) is 6.21. The molecule has 0 unspecified atom stereocenters. The van der Waals surface area contributed by atoms with Gasteiger partial charge in [0.25, 0.3) is 0 Å². The predicted octanol–water partition coefficient (Wildman–Crippen LogP) is 1.88. The highest BCUT2D eigenvalue weighted by atomic mass is 16.5. The summed E-state index contributed by atoms with van der Waals surface area (Å²) >= 11 is 0. The van der Waals surface area contributed by atoms with E-state index in [1.54, 1.807) is 6.26 Å². The molecule has 0 aromatic carbocycles. The van der Waals surface area contributed by atoms with Gasteiger partial charge in [0.15, 0.2) is 5.96 Å². The van der Waals surface area contributed by atoms with Crippen molar-refractivity contribution in [2.75, 3.05) is 58.9 Å². The first kappa shape index (κ1) is 20.1. The predicted molar refractivity (Wildman–Crippen MR) is 109 cm³/mol. The number of nitrogens with zero attached hydrogens (tertiary/aromatic N) is 5. The zero-order valence-electron chi connectivity index (χ0n) is 17.1. The number of aliphatic imine (C=N–C) groups is 1. The second kappa shape index (κ2) is 10.7. The number of piperidine rings is 1. The van der Waals surface area contributed by atoms with Gasteiger partial charge >= 0.3 is 0 Å². The lowest BCUT2D eigenvalue weighted by atomic mass is 9.97. The lowest BCUT2D eigenvalue weighted by molar-refractivity contribution is 0.168. The molecule has 1 aromatic heterocycles. The third-order valence-corrected chi connectivity index (χ3v) is 5.63. The van der Waals surface area contributed by atoms with Crippen LogP contribution in [0, 0.1) is 5.92 Å². The molecule has 2 fully saturated rings. The monoisotopic (exact) mass is 376 g/mol. The summed E-state index contributed by atoms with van der Waals surface area (Å²) in [5.41, 5.74) is 1.01. The minimum atomic E-state index is 0.736. The summed E-state index contributed by atoms with van der Waals surface area (Å²) < 4.78 is 4.94. The van der Waals surface area contributed by atoms with Crippen molar-refractivity contribution in [2.45, 2.75) is 39.7 Å². The van der Waals surface area contributed by atoms with Crippen molar-refractivity contribution >= 4 is 5.96 Å². The van der Waals surface area contributed by atoms with Crippen LogP contribution in [-0.2, 0) is 6.54 Å². The SMILES string of the molecule is CCCN1CCC(CN=C(NCC)N2CCN(Cc3ccon3)CC2)CC1. The van der Waals surface area contributed by atoms with Crippen molar-refractivity contribution in [3.8, 4) is 0 Å². The van der Waals surface area contributed by atoms with Gasteiger partial charge in [0.2, 0.25) is 0 Å². The van der Waals surface area contributed by atoms with Gasteiger partial charge in [-0.15, -0.1) is 0 Å². The van der Waals surface area contributed by atoms with Gasteiger partial charge in [0, 0.05) is 51.9 Å². The van der Waals surface area contributed by atoms with Crippen LogP contribution in [0.2, 0.25) is 0 Å². The molecule has 0 atom stereocenters. The average molecular weight is 377 g/mol. The van der Waals surface area contributed by atoms with Crippen LogP contribution in [0.5, 0.6) is 0 Å². The molecular formula is C20H36N6O. The maximum Gasteiger partial charge on any atom is 0.194 e. The number of piperazine rings is 1. The van der Waals surface area contributed by atoms with Gasteiger partial charge in [-0.05, 0) is 51.7 Å². The Morgan fingerprint density at radius 3 is 2.56 bits per heavy atom. The van der Waals surface area contributed by atoms with Gasteiger partial charge in [-0.3, -0.25) is 9.89 Å². The topological polar surface area (TPSA) is 60.1 Å². The van der Waals surface area contributed by atoms with E-state index >= 15 is 0 Å². The summed E-state index contributed by atoms with van der Waals surface area (Å²) in [6, 6.07) is 1.95. The highest BCUT2D eigenvalue weighted by Gasteiger charge is 2.22. The Morgan fingerprint density at radius 2 is 1.93 bits per heavy atom. The quantitative estimate of drug-likeness (QED) is 0.579. The van der Waals surface area contributed by atoms with Crippen LogP contribution >= 0.6 is 0 Å². The van der Waals surface area contributed by atoms with Gasteiger partial charge in [0.05, 0.1) is 5.69 Å². The molecule has 2 aliphatic rings. The van der Waals surface area contributed by atoms with E-state index in [-0.39, 0.29) is 0 Å². The summed E-state index contributed by atoms with van der Waals surface area (Å²) in [5, 5.41) is 7.52. The molecule has 0 aliphatic carbocycles. The first-order valence-corrected chi connectivity index (χ1v) is 10.7. The molecule has 0 amide bonds. The second-order valence-electron chi connectivity index (χ2n) is 7.73. The van der Waals surface area contributed by atoms with Crippen LogP contribution in [0.4, 0.5) is 0 Å². The van der Waals surface area contributed by atoms with E-state index in [1.807, 2.05) is 6.07 Å². The number of rotatable bonds is 7. The van der Waals surface area contributed by atoms with E-state index in [0.29, 0.717) is 0 Å². The molecule has 152 valence electrons. The molecule has 1 aromatic rings. The van der Waals surface area contributed by atoms with Crippen LogP contribution in [0.25, 0.3) is 0 Å². The number of hydrogen-bond donors (Lipinski definition) is 1. The van der Waals surface area contributed by atoms with Crippen molar-refractivity contribution in [1.82, 2.24) is 25.2 Å². The molecule has 0 radical (unpaired) electrons. The maximum atomic E-state index is 5.00. The Bertz CT molecular complexity index is 545. The van der Waals surface area contributed by atoms with E-state index < -0.39 is 0 Å². The van der Waals surface area contributed by atoms with Crippen molar-refractivity contribution in [1.29, 1.82) is 0 Å². The Balaban J connectivity index is 1.45. The summed E-state index contributed by atoms with van der Waals surface area (Å²) in [6.07, 6.45) is 5.48. The van der Waals surface area contributed by atoms with Crippen molar-refractivity contribution in [3.63, 3.8) is 0 Å². The van der Waals surface area contributed by atoms with Crippen LogP contribution in [0.3, 0.4) is 0 Å². The van der Waals surface area contributed by atoms with Gasteiger partial charge in [-0.25, -0.2) is 0 Å². The summed E-state index contributed by atoms with van der Waals surface area (Å²) in [4.78, 5) is 12.4. The minimum Gasteiger partial charge on any atom is -0.364 e. The highest BCUT2D eigenvalue weighted by Crippen LogP contribution is 2.18. The van der Waals surface area contributed by atoms with E-state index in [4.69, 9.17) is 9.52 Å². The van der Waals surface area contributed by atoms with E-state index in [0.717, 1.165) is 63.4 Å². The first-order valence-electron chi connectivity index (χ1n) is 10.7. The number of guanidine groups is 1. The number of aromatic nitrogens is 1. The Labute approximate surface area is 163 Å². The van der Waals surface area contributed by atoms with E-state index in [1.165, 1.54) is 38.9 Å². The zero-order chi connectivity index (χ0) is 18.9. The molecular weight excluding hydrogens is 340 g/mol. The molecule has 0 saturated carbocycles. The van der Waals surface area contributed by atoms with Crippen LogP contribution in [0.15, 0.2) is 21.8 Å². The summed E-state index contributed by atoms with van der Waals surface area (Å²) in [5.74, 6) is 1.83. The molecule has 3 rings (SSSR count). The minimum absolute atomic E-state index is 0.736. The number of hydrogen-bond acceptors (Lipinski definition) is 5. The van der Waals surface area contributed by atoms with E-state index in [2.05, 4.69) is 39.0 Å². The Hall–Kier alpha value is -1.60. The normalized spacial score (nSPS) is 21.0. The lowest BCUT2D eigenvalue weighted by Crippen LogP contribution is -2.52. The molecule has 7 heteroatoms. The fourth-order valence-electron chi connectivity index (χ4n) is 4.02. The van der Waals surface area contributed by atoms with Crippen LogP contribution in [-0.4, -0.2) is 84.7 Å². The zero-order valence-corrected chi connectivity index (χ0v) is 17.1. The number of likely N-dealkylation sites (tertiary alicyclic amines) is 1. The van der Waals surface area contributed by atoms with Crippen molar-refractivity contribution < 1.29 is 4.52 Å². The van der Waals surface area contributed by atoms with E-state index in [9.17, 15) is 0 Å². The van der Waals surface area contributed by atoms with Crippen LogP contribution < -0.4 is 5.32 Å². The molecule has 1 N–H and O–H groups in total. The Kier molecular flexibility index (Phi) is 7.95. The molecule has 2 saturated heterocycles. The Morgan fingerprint density at radius 1 is 1.15 bits per heavy atom. The van der Waals surface area contributed by atoms with Gasteiger partial charge in [-0.2, -0.15) is 0 Å². The largest absolute Gasteiger partial charge is 0.364 e. The van der Waals surface area contributed by atoms with Crippen LogP contribution in [0.1, 0.15) is 38.8 Å².